The van der Waals surface area contributed by atoms with Gasteiger partial charge in [0.05, 0.1) is 12.7 Å². The predicted molar refractivity (Wildman–Crippen MR) is 67.9 cm³/mol. The van der Waals surface area contributed by atoms with Crippen LogP contribution in [0, 0.1) is 0 Å². The lowest BCUT2D eigenvalue weighted by atomic mass is 10.2. The highest BCUT2D eigenvalue weighted by atomic mass is 35.5. The molecule has 0 bridgehead atoms. The Kier molecular flexibility index (Phi) is 4.16. The second kappa shape index (κ2) is 5.42. The van der Waals surface area contributed by atoms with Crippen molar-refractivity contribution in [2.45, 2.75) is 12.6 Å². The smallest absolute Gasteiger partial charge is 0.113 e. The van der Waals surface area contributed by atoms with Crippen LogP contribution < -0.4 is 5.73 Å². The van der Waals surface area contributed by atoms with Crippen molar-refractivity contribution in [2.24, 2.45) is 5.73 Å². The van der Waals surface area contributed by atoms with Crippen molar-refractivity contribution in [2.75, 3.05) is 33.2 Å². The lowest BCUT2D eigenvalue weighted by molar-refractivity contribution is 0.0880. The van der Waals surface area contributed by atoms with Crippen molar-refractivity contribution in [1.82, 2.24) is 14.8 Å². The van der Waals surface area contributed by atoms with Crippen LogP contribution in [-0.4, -0.2) is 54.1 Å². The van der Waals surface area contributed by atoms with E-state index in [1.165, 1.54) is 0 Å². The van der Waals surface area contributed by atoms with E-state index >= 15 is 0 Å². The largest absolute Gasteiger partial charge is 0.329 e. The number of nitrogens with two attached hydrogens (primary N) is 1. The van der Waals surface area contributed by atoms with E-state index in [0.29, 0.717) is 12.6 Å². The van der Waals surface area contributed by atoms with Crippen LogP contribution in [0.1, 0.15) is 5.01 Å². The predicted octanol–water partition coefficient (Wildman–Crippen LogP) is 0.871. The molecule has 0 radical (unpaired) electrons. The molecule has 90 valence electrons. The molecule has 0 spiro atoms. The SMILES string of the molecule is CN1CCN(Cc2ncc(Cl)s2)C(CN)C1. The van der Waals surface area contributed by atoms with Crippen molar-refractivity contribution >= 4 is 22.9 Å². The van der Waals surface area contributed by atoms with Gasteiger partial charge in [0.25, 0.3) is 0 Å². The molecule has 1 aromatic rings. The molecule has 0 aliphatic carbocycles. The topological polar surface area (TPSA) is 45.4 Å². The van der Waals surface area contributed by atoms with Gasteiger partial charge in [-0.2, -0.15) is 0 Å². The van der Waals surface area contributed by atoms with Crippen molar-refractivity contribution in [1.29, 1.82) is 0 Å². The van der Waals surface area contributed by atoms with Crippen molar-refractivity contribution in [3.05, 3.63) is 15.5 Å². The zero-order valence-electron chi connectivity index (χ0n) is 9.40. The van der Waals surface area contributed by atoms with Gasteiger partial charge in [0, 0.05) is 32.2 Å². The van der Waals surface area contributed by atoms with Crippen LogP contribution in [0.15, 0.2) is 6.20 Å². The summed E-state index contributed by atoms with van der Waals surface area (Å²) in [6, 6.07) is 0.432. The number of aromatic nitrogens is 1. The summed E-state index contributed by atoms with van der Waals surface area (Å²) < 4.78 is 0.758. The Balaban J connectivity index is 1.97. The molecular formula is C10H17ClN4S. The minimum absolute atomic E-state index is 0.432. The van der Waals surface area contributed by atoms with E-state index in [0.717, 1.165) is 35.5 Å². The molecule has 0 saturated carbocycles. The lowest BCUT2D eigenvalue weighted by Crippen LogP contribution is -2.54. The van der Waals surface area contributed by atoms with Gasteiger partial charge >= 0.3 is 0 Å². The maximum atomic E-state index is 5.88. The molecule has 2 N–H and O–H groups in total. The number of halogens is 1. The Morgan fingerprint density at radius 2 is 2.44 bits per heavy atom. The zero-order valence-corrected chi connectivity index (χ0v) is 11.0. The standard InChI is InChI=1S/C10H17ClN4S/c1-14-2-3-15(8(4-12)6-14)7-10-13-5-9(11)16-10/h5,8H,2-4,6-7,12H2,1H3. The van der Waals surface area contributed by atoms with E-state index in [4.69, 9.17) is 17.3 Å². The van der Waals surface area contributed by atoms with Crippen LogP contribution in [0.3, 0.4) is 0 Å². The summed E-state index contributed by atoms with van der Waals surface area (Å²) in [5, 5.41) is 1.08. The number of hydrogen-bond donors (Lipinski definition) is 1. The Labute approximate surface area is 105 Å². The van der Waals surface area contributed by atoms with E-state index in [9.17, 15) is 0 Å². The molecule has 1 saturated heterocycles. The summed E-state index contributed by atoms with van der Waals surface area (Å²) in [4.78, 5) is 9.01. The van der Waals surface area contributed by atoms with Gasteiger partial charge in [0.2, 0.25) is 0 Å². The molecule has 0 aromatic carbocycles. The summed E-state index contributed by atoms with van der Waals surface area (Å²) in [6.45, 7) is 4.75. The molecule has 1 atom stereocenters. The van der Waals surface area contributed by atoms with Gasteiger partial charge < -0.3 is 10.6 Å². The first-order valence-electron chi connectivity index (χ1n) is 5.42. The quantitative estimate of drug-likeness (QED) is 0.876. The second-order valence-corrected chi connectivity index (χ2v) is 5.93. The average Bonchev–Trinajstić information content (AvgIpc) is 2.67. The van der Waals surface area contributed by atoms with Gasteiger partial charge in [0.15, 0.2) is 0 Å². The number of thiazole rings is 1. The molecule has 1 unspecified atom stereocenters. The third-order valence-electron chi connectivity index (χ3n) is 2.94. The third kappa shape index (κ3) is 2.93. The summed E-state index contributed by atoms with van der Waals surface area (Å²) in [5.41, 5.74) is 5.80. The fourth-order valence-corrected chi connectivity index (χ4v) is 3.00. The number of hydrogen-bond acceptors (Lipinski definition) is 5. The molecule has 2 rings (SSSR count). The van der Waals surface area contributed by atoms with Crippen LogP contribution in [0.4, 0.5) is 0 Å². The highest BCUT2D eigenvalue weighted by molar-refractivity contribution is 7.15. The summed E-state index contributed by atoms with van der Waals surface area (Å²) in [7, 11) is 2.14. The zero-order chi connectivity index (χ0) is 11.5. The molecule has 16 heavy (non-hydrogen) atoms. The van der Waals surface area contributed by atoms with Gasteiger partial charge in [0.1, 0.15) is 9.34 Å². The first-order chi connectivity index (χ1) is 7.69. The van der Waals surface area contributed by atoms with Crippen molar-refractivity contribution < 1.29 is 0 Å². The normalized spacial score (nSPS) is 23.8. The van der Waals surface area contributed by atoms with E-state index in [1.54, 1.807) is 17.5 Å². The van der Waals surface area contributed by atoms with Crippen LogP contribution in [0.5, 0.6) is 0 Å². The van der Waals surface area contributed by atoms with Gasteiger partial charge in [-0.05, 0) is 7.05 Å². The van der Waals surface area contributed by atoms with Crippen LogP contribution in [0.25, 0.3) is 0 Å². The average molecular weight is 261 g/mol. The van der Waals surface area contributed by atoms with Gasteiger partial charge in [-0.25, -0.2) is 4.98 Å². The van der Waals surface area contributed by atoms with E-state index in [2.05, 4.69) is 21.8 Å². The number of rotatable bonds is 3. The van der Waals surface area contributed by atoms with Crippen LogP contribution >= 0.6 is 22.9 Å². The molecule has 6 heteroatoms. The molecule has 1 aromatic heterocycles. The molecular weight excluding hydrogens is 244 g/mol. The third-order valence-corrected chi connectivity index (χ3v) is 4.04. The Bertz CT molecular complexity index is 343. The second-order valence-electron chi connectivity index (χ2n) is 4.18. The van der Waals surface area contributed by atoms with E-state index < -0.39 is 0 Å². The molecule has 0 amide bonds. The van der Waals surface area contributed by atoms with Gasteiger partial charge in [-0.15, -0.1) is 11.3 Å². The minimum atomic E-state index is 0.432. The summed E-state index contributed by atoms with van der Waals surface area (Å²) in [5.74, 6) is 0. The fourth-order valence-electron chi connectivity index (χ4n) is 2.01. The molecule has 2 heterocycles. The van der Waals surface area contributed by atoms with Gasteiger partial charge in [-0.1, -0.05) is 11.6 Å². The Morgan fingerprint density at radius 1 is 1.62 bits per heavy atom. The van der Waals surface area contributed by atoms with Gasteiger partial charge in [-0.3, -0.25) is 4.90 Å². The summed E-state index contributed by atoms with van der Waals surface area (Å²) >= 11 is 7.43. The van der Waals surface area contributed by atoms with E-state index in [-0.39, 0.29) is 0 Å². The highest BCUT2D eigenvalue weighted by Gasteiger charge is 2.24. The van der Waals surface area contributed by atoms with Crippen molar-refractivity contribution in [3.8, 4) is 0 Å². The Hall–Kier alpha value is -0.200. The molecule has 4 nitrogen and oxygen atoms in total. The van der Waals surface area contributed by atoms with Crippen LogP contribution in [-0.2, 0) is 6.54 Å². The maximum absolute atomic E-state index is 5.88. The fraction of sp³-hybridized carbons (Fsp3) is 0.700. The highest BCUT2D eigenvalue weighted by Crippen LogP contribution is 2.21. The minimum Gasteiger partial charge on any atom is -0.329 e. The molecule has 1 aliphatic rings. The monoisotopic (exact) mass is 260 g/mol. The number of likely N-dealkylation sites (N-methyl/N-ethyl adjacent to an activating group) is 1. The van der Waals surface area contributed by atoms with E-state index in [1.807, 2.05) is 0 Å². The molecule has 1 fully saturated rings. The lowest BCUT2D eigenvalue weighted by Gasteiger charge is -2.39. The maximum Gasteiger partial charge on any atom is 0.113 e. The number of nitrogens with zero attached hydrogens (tertiary/aromatic N) is 3. The molecule has 1 aliphatic heterocycles. The first kappa shape index (κ1) is 12.3. The number of piperazine rings is 1. The van der Waals surface area contributed by atoms with Crippen LogP contribution in [0.2, 0.25) is 4.34 Å². The Morgan fingerprint density at radius 3 is 3.06 bits per heavy atom. The first-order valence-corrected chi connectivity index (χ1v) is 6.61. The van der Waals surface area contributed by atoms with Crippen molar-refractivity contribution in [3.63, 3.8) is 0 Å². The summed E-state index contributed by atoms with van der Waals surface area (Å²) in [6.07, 6.45) is 1.72.